The lowest BCUT2D eigenvalue weighted by molar-refractivity contribution is 0.324. The summed E-state index contributed by atoms with van der Waals surface area (Å²) >= 11 is 6.14. The lowest BCUT2D eigenvalue weighted by atomic mass is 10.0. The molecule has 3 rings (SSSR count). The molecule has 0 heterocycles. The third-order valence-corrected chi connectivity index (χ3v) is 7.40. The third kappa shape index (κ3) is 5.63. The van der Waals surface area contributed by atoms with E-state index in [1.807, 2.05) is 0 Å². The number of methoxy groups -OCH3 is 5. The van der Waals surface area contributed by atoms with Gasteiger partial charge in [-0.05, 0) is 47.5 Å². The number of hydrogen-bond donors (Lipinski definition) is 1. The Morgan fingerprint density at radius 1 is 0.778 bits per heavy atom. The molecule has 8 nitrogen and oxygen atoms in total. The highest BCUT2D eigenvalue weighted by atomic mass is 35.5. The quantitative estimate of drug-likeness (QED) is 0.353. The SMILES string of the molecule is COc1ccc(S(=O)(=O)Cc2c(/C=C\c3cc(OC)c(OC)c(OC)c3)ccc(OC)c2O)cc1Cl. The van der Waals surface area contributed by atoms with Crippen LogP contribution in [0.4, 0.5) is 0 Å². The summed E-state index contributed by atoms with van der Waals surface area (Å²) in [5.41, 5.74) is 1.35. The zero-order valence-electron chi connectivity index (χ0n) is 20.5. The van der Waals surface area contributed by atoms with Gasteiger partial charge in [-0.1, -0.05) is 29.8 Å². The summed E-state index contributed by atoms with van der Waals surface area (Å²) in [6.07, 6.45) is 3.43. The highest BCUT2D eigenvalue weighted by molar-refractivity contribution is 7.90. The molecular formula is C26H27ClO8S. The van der Waals surface area contributed by atoms with Crippen LogP contribution >= 0.6 is 11.6 Å². The molecule has 0 saturated carbocycles. The molecule has 3 aromatic rings. The van der Waals surface area contributed by atoms with E-state index in [2.05, 4.69) is 0 Å². The molecule has 0 aliphatic rings. The summed E-state index contributed by atoms with van der Waals surface area (Å²) in [6, 6.07) is 10.9. The van der Waals surface area contributed by atoms with Gasteiger partial charge in [0.15, 0.2) is 32.8 Å². The molecule has 3 aromatic carbocycles. The molecule has 0 atom stereocenters. The van der Waals surface area contributed by atoms with E-state index in [9.17, 15) is 13.5 Å². The molecule has 0 saturated heterocycles. The number of phenols is 1. The van der Waals surface area contributed by atoms with Crippen molar-refractivity contribution in [3.05, 3.63) is 64.2 Å². The van der Waals surface area contributed by atoms with Crippen LogP contribution in [0.25, 0.3) is 12.2 Å². The number of ether oxygens (including phenoxy) is 5. The summed E-state index contributed by atoms with van der Waals surface area (Å²) in [5.74, 6) is 1.12. The minimum atomic E-state index is -3.89. The van der Waals surface area contributed by atoms with Crippen LogP contribution in [-0.4, -0.2) is 49.1 Å². The van der Waals surface area contributed by atoms with Gasteiger partial charge in [0.1, 0.15) is 5.75 Å². The van der Waals surface area contributed by atoms with E-state index in [1.165, 1.54) is 53.7 Å². The molecule has 0 aliphatic carbocycles. The molecule has 0 bridgehead atoms. The predicted molar refractivity (Wildman–Crippen MR) is 139 cm³/mol. The van der Waals surface area contributed by atoms with Crippen LogP contribution in [0.2, 0.25) is 5.02 Å². The first-order valence-corrected chi connectivity index (χ1v) is 12.6. The summed E-state index contributed by atoms with van der Waals surface area (Å²) in [6.45, 7) is 0. The van der Waals surface area contributed by atoms with Crippen molar-refractivity contribution in [3.8, 4) is 34.5 Å². The fourth-order valence-corrected chi connectivity index (χ4v) is 5.35. The van der Waals surface area contributed by atoms with Gasteiger partial charge in [0.05, 0.1) is 51.2 Å². The zero-order valence-corrected chi connectivity index (χ0v) is 22.1. The molecule has 0 aliphatic heterocycles. The van der Waals surface area contributed by atoms with Crippen LogP contribution in [-0.2, 0) is 15.6 Å². The van der Waals surface area contributed by atoms with Crippen molar-refractivity contribution < 1.29 is 37.2 Å². The first-order valence-electron chi connectivity index (χ1n) is 10.6. The minimum absolute atomic E-state index is 0.00456. The standard InChI is InChI=1S/C26H27ClO8S/c1-31-21-11-9-18(14-20(21)27)36(29,30)15-19-17(8-10-22(32-2)25(19)28)7-6-16-12-23(33-3)26(35-5)24(13-16)34-4/h6-14,28H,15H2,1-5H3/b7-6-. The van der Waals surface area contributed by atoms with Crippen molar-refractivity contribution in [3.63, 3.8) is 0 Å². The zero-order chi connectivity index (χ0) is 26.5. The van der Waals surface area contributed by atoms with E-state index in [-0.39, 0.29) is 27.0 Å². The van der Waals surface area contributed by atoms with Crippen LogP contribution in [0.5, 0.6) is 34.5 Å². The molecule has 0 radical (unpaired) electrons. The number of benzene rings is 3. The predicted octanol–water partition coefficient (Wildman–Crippen LogP) is 5.23. The Bertz CT molecular complexity index is 1360. The normalized spacial score (nSPS) is 11.4. The highest BCUT2D eigenvalue weighted by Crippen LogP contribution is 2.40. The Hall–Kier alpha value is -3.56. The molecule has 192 valence electrons. The van der Waals surface area contributed by atoms with E-state index in [0.29, 0.717) is 34.1 Å². The fourth-order valence-electron chi connectivity index (χ4n) is 3.60. The van der Waals surface area contributed by atoms with Gasteiger partial charge in [0.2, 0.25) is 5.75 Å². The maximum atomic E-state index is 13.2. The van der Waals surface area contributed by atoms with Crippen molar-refractivity contribution >= 4 is 33.6 Å². The van der Waals surface area contributed by atoms with Crippen molar-refractivity contribution in [2.45, 2.75) is 10.6 Å². The average Bonchev–Trinajstić information content (AvgIpc) is 2.88. The number of rotatable bonds is 10. The lowest BCUT2D eigenvalue weighted by Crippen LogP contribution is -2.07. The second-order valence-electron chi connectivity index (χ2n) is 7.53. The monoisotopic (exact) mass is 534 g/mol. The van der Waals surface area contributed by atoms with E-state index in [1.54, 1.807) is 36.4 Å². The van der Waals surface area contributed by atoms with Gasteiger partial charge >= 0.3 is 0 Å². The third-order valence-electron chi connectivity index (χ3n) is 5.46. The van der Waals surface area contributed by atoms with Crippen LogP contribution in [0.15, 0.2) is 47.4 Å². The van der Waals surface area contributed by atoms with E-state index in [0.717, 1.165) is 0 Å². The number of phenolic OH excluding ortho intramolecular Hbond substituents is 1. The van der Waals surface area contributed by atoms with Crippen LogP contribution in [0.1, 0.15) is 16.7 Å². The molecule has 36 heavy (non-hydrogen) atoms. The van der Waals surface area contributed by atoms with Gasteiger partial charge in [0.25, 0.3) is 0 Å². The Morgan fingerprint density at radius 3 is 1.89 bits per heavy atom. The summed E-state index contributed by atoms with van der Waals surface area (Å²) in [5, 5.41) is 11.0. The second-order valence-corrected chi connectivity index (χ2v) is 9.93. The van der Waals surface area contributed by atoms with Gasteiger partial charge in [-0.15, -0.1) is 0 Å². The fraction of sp³-hybridized carbons (Fsp3) is 0.231. The Balaban J connectivity index is 2.06. The molecule has 0 spiro atoms. The first-order chi connectivity index (χ1) is 17.2. The molecule has 0 unspecified atom stereocenters. The Kier molecular flexibility index (Phi) is 8.60. The first kappa shape index (κ1) is 27.0. The maximum Gasteiger partial charge on any atom is 0.203 e. The van der Waals surface area contributed by atoms with Gasteiger partial charge in [-0.2, -0.15) is 0 Å². The van der Waals surface area contributed by atoms with Crippen LogP contribution in [0, 0.1) is 0 Å². The van der Waals surface area contributed by atoms with Gasteiger partial charge in [0, 0.05) is 5.56 Å². The van der Waals surface area contributed by atoms with Crippen LogP contribution in [0.3, 0.4) is 0 Å². The van der Waals surface area contributed by atoms with Gasteiger partial charge in [-0.3, -0.25) is 0 Å². The van der Waals surface area contributed by atoms with Gasteiger partial charge < -0.3 is 28.8 Å². The smallest absolute Gasteiger partial charge is 0.203 e. The Morgan fingerprint density at radius 2 is 1.36 bits per heavy atom. The van der Waals surface area contributed by atoms with E-state index >= 15 is 0 Å². The molecule has 10 heteroatoms. The van der Waals surface area contributed by atoms with E-state index < -0.39 is 15.6 Å². The molecule has 1 N–H and O–H groups in total. The Labute approximate surface area is 215 Å². The number of halogens is 1. The number of aromatic hydroxyl groups is 1. The molecule has 0 aromatic heterocycles. The average molecular weight is 535 g/mol. The number of sulfone groups is 1. The topological polar surface area (TPSA) is 101 Å². The number of hydrogen-bond acceptors (Lipinski definition) is 8. The summed E-state index contributed by atoms with van der Waals surface area (Å²) in [7, 11) is 3.48. The van der Waals surface area contributed by atoms with Crippen molar-refractivity contribution in [2.75, 3.05) is 35.5 Å². The van der Waals surface area contributed by atoms with Crippen LogP contribution < -0.4 is 23.7 Å². The second kappa shape index (κ2) is 11.5. The molecule has 0 amide bonds. The van der Waals surface area contributed by atoms with E-state index in [4.69, 9.17) is 35.3 Å². The van der Waals surface area contributed by atoms with Gasteiger partial charge in [-0.25, -0.2) is 8.42 Å². The maximum absolute atomic E-state index is 13.2. The molecule has 0 fully saturated rings. The van der Waals surface area contributed by atoms with Crippen molar-refractivity contribution in [1.82, 2.24) is 0 Å². The highest BCUT2D eigenvalue weighted by Gasteiger charge is 2.23. The minimum Gasteiger partial charge on any atom is -0.504 e. The lowest BCUT2D eigenvalue weighted by Gasteiger charge is -2.14. The van der Waals surface area contributed by atoms with Crippen molar-refractivity contribution in [2.24, 2.45) is 0 Å². The summed E-state index contributed by atoms with van der Waals surface area (Å²) in [4.78, 5) is -0.00456. The van der Waals surface area contributed by atoms with Crippen molar-refractivity contribution in [1.29, 1.82) is 0 Å². The molecular weight excluding hydrogens is 508 g/mol. The summed E-state index contributed by atoms with van der Waals surface area (Å²) < 4.78 is 52.9. The largest absolute Gasteiger partial charge is 0.504 e.